The summed E-state index contributed by atoms with van der Waals surface area (Å²) in [5.74, 6) is -1.85. The molecular weight excluding hydrogens is 381 g/mol. The number of halogens is 3. The molecule has 1 heterocycles. The molecule has 0 N–H and O–H groups in total. The van der Waals surface area contributed by atoms with E-state index < -0.39 is 52.1 Å². The first-order chi connectivity index (χ1) is 12.0. The van der Waals surface area contributed by atoms with Crippen molar-refractivity contribution in [2.45, 2.75) is 69.6 Å². The van der Waals surface area contributed by atoms with Crippen molar-refractivity contribution in [1.29, 1.82) is 0 Å². The third-order valence-electron chi connectivity index (χ3n) is 4.33. The van der Waals surface area contributed by atoms with Crippen molar-refractivity contribution in [3.8, 4) is 0 Å². The molecule has 0 aromatic rings. The van der Waals surface area contributed by atoms with Gasteiger partial charge in [-0.3, -0.25) is 4.18 Å². The average Bonchev–Trinajstić information content (AvgIpc) is 2.93. The highest BCUT2D eigenvalue weighted by Crippen LogP contribution is 2.42. The molecule has 0 bridgehead atoms. The van der Waals surface area contributed by atoms with Gasteiger partial charge < -0.3 is 14.2 Å². The summed E-state index contributed by atoms with van der Waals surface area (Å²) in [5, 5.41) is 0. The standard InChI is InChI=1S/C15H21F3O7S/c1-4-14(5-2)23-10-7-9(13(19)22-6-3)8-11(12(10)24-14)25-26(20,21)15(16,17)18/h7,10-12H,4-6,8H2,1-3H3/t10-,11+,12-/m1/s1. The Morgan fingerprint density at radius 1 is 1.27 bits per heavy atom. The van der Waals surface area contributed by atoms with Crippen molar-refractivity contribution in [2.75, 3.05) is 6.61 Å². The van der Waals surface area contributed by atoms with Gasteiger partial charge in [0.25, 0.3) is 0 Å². The van der Waals surface area contributed by atoms with E-state index >= 15 is 0 Å². The van der Waals surface area contributed by atoms with Gasteiger partial charge in [-0.25, -0.2) is 4.79 Å². The van der Waals surface area contributed by atoms with Crippen LogP contribution in [0.1, 0.15) is 40.0 Å². The van der Waals surface area contributed by atoms with Crippen LogP contribution in [0.25, 0.3) is 0 Å². The molecule has 0 aromatic carbocycles. The van der Waals surface area contributed by atoms with E-state index in [2.05, 4.69) is 4.18 Å². The molecule has 2 aliphatic rings. The number of rotatable bonds is 6. The zero-order valence-corrected chi connectivity index (χ0v) is 15.4. The van der Waals surface area contributed by atoms with Crippen LogP contribution in [0.5, 0.6) is 0 Å². The second kappa shape index (κ2) is 7.45. The lowest BCUT2D eigenvalue weighted by Gasteiger charge is -2.30. The Bertz CT molecular complexity index is 667. The first-order valence-electron chi connectivity index (χ1n) is 8.21. The zero-order valence-electron chi connectivity index (χ0n) is 14.5. The van der Waals surface area contributed by atoms with Crippen LogP contribution in [0.2, 0.25) is 0 Å². The minimum absolute atomic E-state index is 0.0120. The van der Waals surface area contributed by atoms with E-state index in [-0.39, 0.29) is 12.2 Å². The monoisotopic (exact) mass is 402 g/mol. The summed E-state index contributed by atoms with van der Waals surface area (Å²) < 4.78 is 81.7. The molecule has 0 unspecified atom stereocenters. The van der Waals surface area contributed by atoms with Crippen molar-refractivity contribution < 1.29 is 44.8 Å². The summed E-state index contributed by atoms with van der Waals surface area (Å²) in [5.41, 5.74) is -5.60. The van der Waals surface area contributed by atoms with Gasteiger partial charge in [0.2, 0.25) is 0 Å². The van der Waals surface area contributed by atoms with Crippen molar-refractivity contribution in [3.05, 3.63) is 11.6 Å². The highest BCUT2D eigenvalue weighted by atomic mass is 32.2. The van der Waals surface area contributed by atoms with E-state index in [1.807, 2.05) is 0 Å². The Morgan fingerprint density at radius 2 is 1.88 bits per heavy atom. The van der Waals surface area contributed by atoms with Gasteiger partial charge in [0.1, 0.15) is 18.3 Å². The number of hydrogen-bond donors (Lipinski definition) is 0. The molecule has 0 radical (unpaired) electrons. The molecule has 1 saturated heterocycles. The minimum atomic E-state index is -5.86. The molecule has 1 aliphatic heterocycles. The number of fused-ring (bicyclic) bond motifs is 1. The van der Waals surface area contributed by atoms with Crippen LogP contribution in [-0.2, 0) is 33.3 Å². The maximum Gasteiger partial charge on any atom is 0.523 e. The second-order valence-corrected chi connectivity index (χ2v) is 7.50. The van der Waals surface area contributed by atoms with Gasteiger partial charge in [-0.05, 0) is 25.8 Å². The van der Waals surface area contributed by atoms with Gasteiger partial charge in [0, 0.05) is 12.0 Å². The number of alkyl halides is 3. The van der Waals surface area contributed by atoms with Gasteiger partial charge in [-0.2, -0.15) is 21.6 Å². The lowest BCUT2D eigenvalue weighted by molar-refractivity contribution is -0.182. The minimum Gasteiger partial charge on any atom is -0.463 e. The number of carbonyl (C=O) groups excluding carboxylic acids is 1. The smallest absolute Gasteiger partial charge is 0.463 e. The molecule has 1 fully saturated rings. The maximum atomic E-state index is 12.7. The third kappa shape index (κ3) is 4.05. The van der Waals surface area contributed by atoms with Crippen LogP contribution in [0, 0.1) is 0 Å². The fourth-order valence-electron chi connectivity index (χ4n) is 2.94. The molecule has 2 rings (SSSR count). The third-order valence-corrected chi connectivity index (χ3v) is 5.39. The predicted molar refractivity (Wildman–Crippen MR) is 82.2 cm³/mol. The molecule has 11 heteroatoms. The quantitative estimate of drug-likeness (QED) is 0.383. The van der Waals surface area contributed by atoms with Crippen molar-refractivity contribution in [2.24, 2.45) is 0 Å². The molecule has 0 spiro atoms. The molecule has 0 aromatic heterocycles. The van der Waals surface area contributed by atoms with Gasteiger partial charge in [-0.15, -0.1) is 0 Å². The predicted octanol–water partition coefficient (Wildman–Crippen LogP) is 2.41. The van der Waals surface area contributed by atoms with Crippen LogP contribution in [0.15, 0.2) is 11.6 Å². The van der Waals surface area contributed by atoms with E-state index in [9.17, 15) is 26.4 Å². The lowest BCUT2D eigenvalue weighted by atomic mass is 9.92. The summed E-state index contributed by atoms with van der Waals surface area (Å²) in [6.07, 6.45) is -1.80. The summed E-state index contributed by atoms with van der Waals surface area (Å²) >= 11 is 0. The van der Waals surface area contributed by atoms with Crippen LogP contribution in [0.3, 0.4) is 0 Å². The fraction of sp³-hybridized carbons (Fsp3) is 0.800. The molecular formula is C15H21F3O7S. The van der Waals surface area contributed by atoms with Gasteiger partial charge in [0.05, 0.1) is 6.61 Å². The van der Waals surface area contributed by atoms with Crippen LogP contribution >= 0.6 is 0 Å². The van der Waals surface area contributed by atoms with Crippen LogP contribution < -0.4 is 0 Å². The molecule has 0 amide bonds. The van der Waals surface area contributed by atoms with Crippen molar-refractivity contribution >= 4 is 16.1 Å². The molecule has 3 atom stereocenters. The molecule has 7 nitrogen and oxygen atoms in total. The highest BCUT2D eigenvalue weighted by molar-refractivity contribution is 7.87. The SMILES string of the molecule is CCOC(=O)C1=C[C@H]2OC(CC)(CC)O[C@H]2[C@@H](OS(=O)(=O)C(F)(F)F)C1. The number of esters is 1. The highest BCUT2D eigenvalue weighted by Gasteiger charge is 2.55. The largest absolute Gasteiger partial charge is 0.523 e. The first kappa shape index (κ1) is 21.1. The van der Waals surface area contributed by atoms with Crippen molar-refractivity contribution in [3.63, 3.8) is 0 Å². The number of ether oxygens (including phenoxy) is 3. The van der Waals surface area contributed by atoms with E-state index in [1.165, 1.54) is 6.08 Å². The molecule has 26 heavy (non-hydrogen) atoms. The Morgan fingerprint density at radius 3 is 2.38 bits per heavy atom. The summed E-state index contributed by atoms with van der Waals surface area (Å²) in [6, 6.07) is 0. The topological polar surface area (TPSA) is 88.1 Å². The second-order valence-electron chi connectivity index (χ2n) is 5.93. The van der Waals surface area contributed by atoms with E-state index in [0.717, 1.165) is 0 Å². The van der Waals surface area contributed by atoms with Crippen LogP contribution in [0.4, 0.5) is 13.2 Å². The zero-order chi connectivity index (χ0) is 19.8. The van der Waals surface area contributed by atoms with Crippen LogP contribution in [-0.4, -0.2) is 50.6 Å². The normalized spacial score (nSPS) is 28.4. The Balaban J connectivity index is 2.35. The Hall–Kier alpha value is -1.17. The summed E-state index contributed by atoms with van der Waals surface area (Å²) in [4.78, 5) is 12.0. The summed E-state index contributed by atoms with van der Waals surface area (Å²) in [7, 11) is -5.86. The fourth-order valence-corrected chi connectivity index (χ4v) is 3.55. The molecule has 0 saturated carbocycles. The Kier molecular flexibility index (Phi) is 6.06. The van der Waals surface area contributed by atoms with E-state index in [0.29, 0.717) is 12.8 Å². The number of carbonyl (C=O) groups is 1. The molecule has 1 aliphatic carbocycles. The number of hydrogen-bond acceptors (Lipinski definition) is 7. The van der Waals surface area contributed by atoms with Gasteiger partial charge in [-0.1, -0.05) is 13.8 Å². The Labute approximate surface area is 149 Å². The van der Waals surface area contributed by atoms with Gasteiger partial charge >= 0.3 is 21.6 Å². The first-order valence-corrected chi connectivity index (χ1v) is 9.62. The lowest BCUT2D eigenvalue weighted by Crippen LogP contribution is -2.44. The van der Waals surface area contributed by atoms with E-state index in [1.54, 1.807) is 20.8 Å². The van der Waals surface area contributed by atoms with E-state index in [4.69, 9.17) is 14.2 Å². The summed E-state index contributed by atoms with van der Waals surface area (Å²) in [6.45, 7) is 5.15. The van der Waals surface area contributed by atoms with Gasteiger partial charge in [0.15, 0.2) is 5.79 Å². The maximum absolute atomic E-state index is 12.7. The molecule has 150 valence electrons. The van der Waals surface area contributed by atoms with Crippen molar-refractivity contribution in [1.82, 2.24) is 0 Å². The average molecular weight is 402 g/mol.